The lowest BCUT2D eigenvalue weighted by atomic mass is 9.91. The van der Waals surface area contributed by atoms with E-state index in [0.29, 0.717) is 5.76 Å². The predicted octanol–water partition coefficient (Wildman–Crippen LogP) is 2.21. The molecule has 0 rings (SSSR count). The highest BCUT2D eigenvalue weighted by molar-refractivity contribution is 5.90. The Kier molecular flexibility index (Phi) is 4.95. The van der Waals surface area contributed by atoms with Gasteiger partial charge in [-0.1, -0.05) is 27.4 Å². The summed E-state index contributed by atoms with van der Waals surface area (Å²) in [6, 6.07) is 0. The van der Waals surface area contributed by atoms with Gasteiger partial charge in [-0.2, -0.15) is 0 Å². The molecular weight excluding hydrogens is 208 g/mol. The van der Waals surface area contributed by atoms with Crippen molar-refractivity contribution in [1.82, 2.24) is 0 Å². The Hall–Kier alpha value is -1.58. The van der Waals surface area contributed by atoms with Crippen molar-refractivity contribution in [3.05, 3.63) is 24.0 Å². The smallest absolute Gasteiger partial charge is 0.336 e. The van der Waals surface area contributed by atoms with Crippen LogP contribution in [0.5, 0.6) is 0 Å². The summed E-state index contributed by atoms with van der Waals surface area (Å²) in [6.07, 6.45) is 1.05. The van der Waals surface area contributed by atoms with Crippen molar-refractivity contribution < 1.29 is 19.1 Å². The topological polar surface area (TPSA) is 52.6 Å². The molecule has 0 bridgehead atoms. The molecule has 0 heterocycles. The minimum atomic E-state index is -0.590. The first-order chi connectivity index (χ1) is 7.23. The highest BCUT2D eigenvalue weighted by Crippen LogP contribution is 2.29. The molecule has 0 atom stereocenters. The Bertz CT molecular complexity index is 331. The highest BCUT2D eigenvalue weighted by Gasteiger charge is 2.26. The molecule has 4 nitrogen and oxygen atoms in total. The highest BCUT2D eigenvalue weighted by atomic mass is 16.5. The molecule has 0 amide bonds. The average molecular weight is 226 g/mol. The van der Waals surface area contributed by atoms with Gasteiger partial charge in [0, 0.05) is 11.5 Å². The number of hydrogen-bond acceptors (Lipinski definition) is 4. The molecule has 16 heavy (non-hydrogen) atoms. The zero-order chi connectivity index (χ0) is 12.9. The molecule has 0 saturated heterocycles. The predicted molar refractivity (Wildman–Crippen MR) is 60.5 cm³/mol. The van der Waals surface area contributed by atoms with Gasteiger partial charge in [-0.25, -0.2) is 9.59 Å². The summed E-state index contributed by atoms with van der Waals surface area (Å²) in [5.74, 6) is -0.806. The molecule has 0 spiro atoms. The van der Waals surface area contributed by atoms with E-state index in [1.54, 1.807) is 6.92 Å². The monoisotopic (exact) mass is 226 g/mol. The minimum absolute atomic E-state index is 0.283. The van der Waals surface area contributed by atoms with E-state index in [4.69, 9.17) is 4.74 Å². The molecule has 0 fully saturated rings. The lowest BCUT2D eigenvalue weighted by Gasteiger charge is -2.23. The summed E-state index contributed by atoms with van der Waals surface area (Å²) in [5.41, 5.74) is -0.179. The molecule has 0 unspecified atom stereocenters. The Morgan fingerprint density at radius 1 is 1.25 bits per heavy atom. The molecule has 4 heteroatoms. The van der Waals surface area contributed by atoms with Crippen LogP contribution in [0.25, 0.3) is 0 Å². The van der Waals surface area contributed by atoms with E-state index in [9.17, 15) is 9.59 Å². The Balaban J connectivity index is 5.32. The van der Waals surface area contributed by atoms with Crippen molar-refractivity contribution in [2.75, 3.05) is 7.11 Å². The number of allylic oxidation sites excluding steroid dienone is 1. The van der Waals surface area contributed by atoms with Crippen LogP contribution >= 0.6 is 0 Å². The standard InChI is InChI=1S/C12H18O4/c1-7-9(13)16-10(12(3,4)5)8(2)11(14)15-6/h7H,1H2,2-6H3. The van der Waals surface area contributed by atoms with Crippen LogP contribution in [0.15, 0.2) is 24.0 Å². The molecule has 0 aromatic rings. The quantitative estimate of drug-likeness (QED) is 0.420. The van der Waals surface area contributed by atoms with Gasteiger partial charge in [-0.15, -0.1) is 0 Å². The third-order valence-electron chi connectivity index (χ3n) is 1.88. The second-order valence-corrected chi connectivity index (χ2v) is 4.32. The first-order valence-electron chi connectivity index (χ1n) is 4.88. The number of methoxy groups -OCH3 is 1. The third kappa shape index (κ3) is 3.88. The van der Waals surface area contributed by atoms with E-state index in [0.717, 1.165) is 6.08 Å². The second-order valence-electron chi connectivity index (χ2n) is 4.32. The van der Waals surface area contributed by atoms with Crippen LogP contribution in [0.3, 0.4) is 0 Å². The van der Waals surface area contributed by atoms with Gasteiger partial charge in [0.1, 0.15) is 5.76 Å². The zero-order valence-electron chi connectivity index (χ0n) is 10.4. The van der Waals surface area contributed by atoms with E-state index in [1.807, 2.05) is 20.8 Å². The summed E-state index contributed by atoms with van der Waals surface area (Å²) in [4.78, 5) is 22.5. The van der Waals surface area contributed by atoms with Crippen LogP contribution in [0.1, 0.15) is 27.7 Å². The Labute approximate surface area is 95.9 Å². The summed E-state index contributed by atoms with van der Waals surface area (Å²) >= 11 is 0. The molecule has 0 aliphatic carbocycles. The second kappa shape index (κ2) is 5.49. The normalized spacial score (nSPS) is 12.6. The minimum Gasteiger partial charge on any atom is -0.466 e. The van der Waals surface area contributed by atoms with Gasteiger partial charge in [0.05, 0.1) is 12.7 Å². The third-order valence-corrected chi connectivity index (χ3v) is 1.88. The molecule has 0 aliphatic heterocycles. The zero-order valence-corrected chi connectivity index (χ0v) is 10.4. The largest absolute Gasteiger partial charge is 0.466 e. The van der Waals surface area contributed by atoms with Crippen LogP contribution in [0.2, 0.25) is 0 Å². The number of carbonyl (C=O) groups excluding carboxylic acids is 2. The number of rotatable bonds is 3. The van der Waals surface area contributed by atoms with E-state index in [2.05, 4.69) is 11.3 Å². The first kappa shape index (κ1) is 14.4. The summed E-state index contributed by atoms with van der Waals surface area (Å²) < 4.78 is 9.66. The van der Waals surface area contributed by atoms with Gasteiger partial charge >= 0.3 is 11.9 Å². The number of carbonyl (C=O) groups is 2. The van der Waals surface area contributed by atoms with E-state index in [1.165, 1.54) is 7.11 Å². The van der Waals surface area contributed by atoms with E-state index >= 15 is 0 Å². The number of ether oxygens (including phenoxy) is 2. The van der Waals surface area contributed by atoms with Gasteiger partial charge in [0.25, 0.3) is 0 Å². The molecule has 0 aromatic heterocycles. The fraction of sp³-hybridized carbons (Fsp3) is 0.500. The lowest BCUT2D eigenvalue weighted by Crippen LogP contribution is -2.20. The van der Waals surface area contributed by atoms with Crippen LogP contribution in [-0.4, -0.2) is 19.0 Å². The maximum atomic E-state index is 11.4. The Morgan fingerprint density at radius 3 is 2.06 bits per heavy atom. The van der Waals surface area contributed by atoms with Gasteiger partial charge in [-0.3, -0.25) is 0 Å². The van der Waals surface area contributed by atoms with E-state index < -0.39 is 17.4 Å². The maximum Gasteiger partial charge on any atom is 0.336 e. The van der Waals surface area contributed by atoms with E-state index in [-0.39, 0.29) is 5.57 Å². The van der Waals surface area contributed by atoms with Gasteiger partial charge in [0.15, 0.2) is 0 Å². The fourth-order valence-electron chi connectivity index (χ4n) is 1.18. The average Bonchev–Trinajstić information content (AvgIpc) is 2.21. The van der Waals surface area contributed by atoms with Crippen molar-refractivity contribution in [2.24, 2.45) is 5.41 Å². The summed E-state index contributed by atoms with van der Waals surface area (Å²) in [7, 11) is 1.28. The number of hydrogen-bond donors (Lipinski definition) is 0. The SMILES string of the molecule is C=CC(=O)OC(=C(C)C(=O)OC)C(C)(C)C. The van der Waals surface area contributed by atoms with Crippen LogP contribution in [0, 0.1) is 5.41 Å². The summed E-state index contributed by atoms with van der Waals surface area (Å²) in [5, 5.41) is 0. The first-order valence-corrected chi connectivity index (χ1v) is 4.88. The van der Waals surface area contributed by atoms with Crippen molar-refractivity contribution in [3.63, 3.8) is 0 Å². The Morgan fingerprint density at radius 2 is 1.75 bits per heavy atom. The summed E-state index contributed by atoms with van der Waals surface area (Å²) in [6.45, 7) is 10.4. The lowest BCUT2D eigenvalue weighted by molar-refractivity contribution is -0.138. The van der Waals surface area contributed by atoms with Gasteiger partial charge in [0.2, 0.25) is 0 Å². The van der Waals surface area contributed by atoms with Gasteiger partial charge in [-0.05, 0) is 6.92 Å². The van der Waals surface area contributed by atoms with Crippen LogP contribution < -0.4 is 0 Å². The number of esters is 2. The van der Waals surface area contributed by atoms with Crippen molar-refractivity contribution >= 4 is 11.9 Å². The molecule has 0 radical (unpaired) electrons. The van der Waals surface area contributed by atoms with Crippen LogP contribution in [0.4, 0.5) is 0 Å². The molecule has 0 N–H and O–H groups in total. The fourth-order valence-corrected chi connectivity index (χ4v) is 1.18. The molecular formula is C12H18O4. The van der Waals surface area contributed by atoms with Crippen molar-refractivity contribution in [1.29, 1.82) is 0 Å². The molecule has 90 valence electrons. The molecule has 0 aromatic carbocycles. The molecule has 0 aliphatic rings. The van der Waals surface area contributed by atoms with Crippen molar-refractivity contribution in [3.8, 4) is 0 Å². The molecule has 0 saturated carbocycles. The van der Waals surface area contributed by atoms with Gasteiger partial charge < -0.3 is 9.47 Å². The maximum absolute atomic E-state index is 11.4. The van der Waals surface area contributed by atoms with Crippen LogP contribution in [-0.2, 0) is 19.1 Å². The van der Waals surface area contributed by atoms with Crippen molar-refractivity contribution in [2.45, 2.75) is 27.7 Å².